The predicted octanol–water partition coefficient (Wildman–Crippen LogP) is 3.33. The molecule has 2 aromatic rings. The third kappa shape index (κ3) is 2.80. The number of carbonyl (C=O) groups excluding carboxylic acids is 1. The van der Waals surface area contributed by atoms with Gasteiger partial charge in [-0.05, 0) is 24.3 Å². The fourth-order valence-corrected chi connectivity index (χ4v) is 1.93. The van der Waals surface area contributed by atoms with E-state index >= 15 is 0 Å². The third-order valence-corrected chi connectivity index (χ3v) is 3.10. The molecule has 0 aliphatic rings. The molecular weight excluding hydrogens is 318 g/mol. The van der Waals surface area contributed by atoms with E-state index in [4.69, 9.17) is 17.3 Å². The number of nitrogens with zero attached hydrogens (tertiary/aromatic N) is 1. The number of amides is 1. The second-order valence-electron chi connectivity index (χ2n) is 3.54. The third-order valence-electron chi connectivity index (χ3n) is 2.27. The van der Waals surface area contributed by atoms with Crippen molar-refractivity contribution in [2.75, 3.05) is 11.1 Å². The molecule has 92 valence electrons. The van der Waals surface area contributed by atoms with E-state index in [2.05, 4.69) is 26.2 Å². The van der Waals surface area contributed by atoms with Gasteiger partial charge in [-0.1, -0.05) is 27.5 Å². The van der Waals surface area contributed by atoms with Crippen molar-refractivity contribution in [1.29, 1.82) is 0 Å². The first-order chi connectivity index (χ1) is 8.58. The predicted molar refractivity (Wildman–Crippen MR) is 75.8 cm³/mol. The lowest BCUT2D eigenvalue weighted by Gasteiger charge is -2.08. The van der Waals surface area contributed by atoms with E-state index in [1.165, 1.54) is 6.20 Å². The number of nitrogens with two attached hydrogens (primary N) is 1. The number of benzene rings is 1. The van der Waals surface area contributed by atoms with Crippen molar-refractivity contribution in [2.24, 2.45) is 0 Å². The molecule has 18 heavy (non-hydrogen) atoms. The molecule has 1 aromatic heterocycles. The summed E-state index contributed by atoms with van der Waals surface area (Å²) in [6.07, 6.45) is 3.03. The minimum absolute atomic E-state index is 0.324. The first-order valence-corrected chi connectivity index (χ1v) is 6.21. The van der Waals surface area contributed by atoms with E-state index in [0.29, 0.717) is 22.0 Å². The Morgan fingerprint density at radius 2 is 2.17 bits per heavy atom. The monoisotopic (exact) mass is 325 g/mol. The molecule has 0 saturated heterocycles. The quantitative estimate of drug-likeness (QED) is 0.832. The van der Waals surface area contributed by atoms with Crippen LogP contribution in [0.4, 0.5) is 11.4 Å². The Labute approximate surface area is 117 Å². The highest BCUT2D eigenvalue weighted by Gasteiger charge is 2.11. The lowest BCUT2D eigenvalue weighted by atomic mass is 10.1. The molecule has 0 saturated carbocycles. The Morgan fingerprint density at radius 3 is 2.83 bits per heavy atom. The summed E-state index contributed by atoms with van der Waals surface area (Å²) in [7, 11) is 0. The molecular formula is C12H9BrClN3O. The zero-order chi connectivity index (χ0) is 13.1. The molecule has 0 radical (unpaired) electrons. The van der Waals surface area contributed by atoms with Gasteiger partial charge in [-0.3, -0.25) is 9.78 Å². The average Bonchev–Trinajstić information content (AvgIpc) is 2.32. The Balaban J connectivity index is 2.25. The maximum atomic E-state index is 12.0. The van der Waals surface area contributed by atoms with Crippen molar-refractivity contribution >= 4 is 44.8 Å². The van der Waals surface area contributed by atoms with Crippen LogP contribution in [0.15, 0.2) is 41.1 Å². The van der Waals surface area contributed by atoms with Crippen LogP contribution in [0.1, 0.15) is 10.4 Å². The number of rotatable bonds is 2. The highest BCUT2D eigenvalue weighted by molar-refractivity contribution is 9.10. The van der Waals surface area contributed by atoms with Gasteiger partial charge in [0.25, 0.3) is 5.91 Å². The summed E-state index contributed by atoms with van der Waals surface area (Å²) in [5.41, 5.74) is 7.00. The van der Waals surface area contributed by atoms with Crippen LogP contribution in [0.25, 0.3) is 0 Å². The number of pyridine rings is 1. The maximum Gasteiger partial charge on any atom is 0.257 e. The van der Waals surface area contributed by atoms with Crippen LogP contribution in [0.3, 0.4) is 0 Å². The number of anilines is 2. The SMILES string of the molecule is Nc1cc(Br)ccc1C(=O)Nc1cnccc1Cl. The molecule has 0 fully saturated rings. The summed E-state index contributed by atoms with van der Waals surface area (Å²) in [4.78, 5) is 15.9. The molecule has 4 nitrogen and oxygen atoms in total. The van der Waals surface area contributed by atoms with Crippen molar-refractivity contribution in [3.8, 4) is 0 Å². The van der Waals surface area contributed by atoms with E-state index in [1.807, 2.05) is 0 Å². The molecule has 0 aliphatic heterocycles. The second kappa shape index (κ2) is 5.37. The van der Waals surface area contributed by atoms with Gasteiger partial charge in [-0.25, -0.2) is 0 Å². The van der Waals surface area contributed by atoms with Gasteiger partial charge in [-0.15, -0.1) is 0 Å². The topological polar surface area (TPSA) is 68.0 Å². The van der Waals surface area contributed by atoms with Gasteiger partial charge in [0.15, 0.2) is 0 Å². The summed E-state index contributed by atoms with van der Waals surface area (Å²) < 4.78 is 0.816. The first kappa shape index (κ1) is 12.9. The molecule has 0 atom stereocenters. The van der Waals surface area contributed by atoms with E-state index in [9.17, 15) is 4.79 Å². The van der Waals surface area contributed by atoms with E-state index in [-0.39, 0.29) is 5.91 Å². The normalized spacial score (nSPS) is 10.1. The van der Waals surface area contributed by atoms with Gasteiger partial charge in [-0.2, -0.15) is 0 Å². The highest BCUT2D eigenvalue weighted by Crippen LogP contribution is 2.23. The molecule has 0 unspecified atom stereocenters. The van der Waals surface area contributed by atoms with E-state index < -0.39 is 0 Å². The van der Waals surface area contributed by atoms with Gasteiger partial charge in [0, 0.05) is 16.4 Å². The van der Waals surface area contributed by atoms with Crippen LogP contribution in [0.5, 0.6) is 0 Å². The zero-order valence-electron chi connectivity index (χ0n) is 9.15. The van der Waals surface area contributed by atoms with Crippen LogP contribution >= 0.6 is 27.5 Å². The molecule has 0 bridgehead atoms. The lowest BCUT2D eigenvalue weighted by Crippen LogP contribution is -2.14. The smallest absolute Gasteiger partial charge is 0.257 e. The number of nitrogen functional groups attached to an aromatic ring is 1. The number of halogens is 2. The Kier molecular flexibility index (Phi) is 3.84. The standard InChI is InChI=1S/C12H9BrClN3O/c13-7-1-2-8(10(15)5-7)12(18)17-11-6-16-4-3-9(11)14/h1-6H,15H2,(H,17,18). The molecule has 6 heteroatoms. The molecule has 3 N–H and O–H groups in total. The van der Waals surface area contributed by atoms with Crippen LogP contribution in [-0.4, -0.2) is 10.9 Å². The number of hydrogen-bond acceptors (Lipinski definition) is 3. The molecule has 0 spiro atoms. The molecule has 0 aliphatic carbocycles. The summed E-state index contributed by atoms with van der Waals surface area (Å²) >= 11 is 9.21. The van der Waals surface area contributed by atoms with Crippen molar-refractivity contribution in [1.82, 2.24) is 4.98 Å². The number of nitrogens with one attached hydrogen (secondary N) is 1. The number of carbonyl (C=O) groups is 1. The van der Waals surface area contributed by atoms with Gasteiger partial charge in [0.05, 0.1) is 22.5 Å². The largest absolute Gasteiger partial charge is 0.398 e. The zero-order valence-corrected chi connectivity index (χ0v) is 11.5. The van der Waals surface area contributed by atoms with Crippen LogP contribution in [-0.2, 0) is 0 Å². The number of aromatic nitrogens is 1. The van der Waals surface area contributed by atoms with Crippen LogP contribution in [0, 0.1) is 0 Å². The molecule has 1 heterocycles. The lowest BCUT2D eigenvalue weighted by molar-refractivity contribution is 0.102. The fourth-order valence-electron chi connectivity index (χ4n) is 1.40. The van der Waals surface area contributed by atoms with Crippen molar-refractivity contribution in [2.45, 2.75) is 0 Å². The van der Waals surface area contributed by atoms with E-state index in [0.717, 1.165) is 4.47 Å². The van der Waals surface area contributed by atoms with Gasteiger partial charge in [0.1, 0.15) is 0 Å². The van der Waals surface area contributed by atoms with Gasteiger partial charge in [0.2, 0.25) is 0 Å². The Morgan fingerprint density at radius 1 is 1.39 bits per heavy atom. The summed E-state index contributed by atoms with van der Waals surface area (Å²) in [6, 6.07) is 6.65. The molecule has 1 aromatic carbocycles. The second-order valence-corrected chi connectivity index (χ2v) is 4.86. The summed E-state index contributed by atoms with van der Waals surface area (Å²) in [5.74, 6) is -0.324. The maximum absolute atomic E-state index is 12.0. The minimum atomic E-state index is -0.324. The number of hydrogen-bond donors (Lipinski definition) is 2. The van der Waals surface area contributed by atoms with Crippen molar-refractivity contribution in [3.63, 3.8) is 0 Å². The Bertz CT molecular complexity index is 604. The van der Waals surface area contributed by atoms with Crippen LogP contribution in [0.2, 0.25) is 5.02 Å². The first-order valence-electron chi connectivity index (χ1n) is 5.04. The van der Waals surface area contributed by atoms with Gasteiger partial charge >= 0.3 is 0 Å². The fraction of sp³-hybridized carbons (Fsp3) is 0. The highest BCUT2D eigenvalue weighted by atomic mass is 79.9. The van der Waals surface area contributed by atoms with Crippen molar-refractivity contribution < 1.29 is 4.79 Å². The van der Waals surface area contributed by atoms with Gasteiger partial charge < -0.3 is 11.1 Å². The Hall–Kier alpha value is -1.59. The average molecular weight is 327 g/mol. The van der Waals surface area contributed by atoms with E-state index in [1.54, 1.807) is 30.5 Å². The molecule has 2 rings (SSSR count). The van der Waals surface area contributed by atoms with Crippen molar-refractivity contribution in [3.05, 3.63) is 51.7 Å². The van der Waals surface area contributed by atoms with Crippen LogP contribution < -0.4 is 11.1 Å². The summed E-state index contributed by atoms with van der Waals surface area (Å²) in [6.45, 7) is 0. The minimum Gasteiger partial charge on any atom is -0.398 e. The molecule has 1 amide bonds. The summed E-state index contributed by atoms with van der Waals surface area (Å²) in [5, 5.41) is 3.08.